The second kappa shape index (κ2) is 5.42. The number of thiophene rings is 1. The van der Waals surface area contributed by atoms with Crippen LogP contribution in [0.15, 0.2) is 12.3 Å². The fourth-order valence-corrected chi connectivity index (χ4v) is 3.15. The average Bonchev–Trinajstić information content (AvgIpc) is 2.67. The zero-order chi connectivity index (χ0) is 14.9. The lowest BCUT2D eigenvalue weighted by atomic mass is 10.1. The third-order valence-corrected chi connectivity index (χ3v) is 3.84. The first-order chi connectivity index (χ1) is 9.40. The molecule has 0 bridgehead atoms. The molecule has 5 nitrogen and oxygen atoms in total. The molecule has 0 aromatic carbocycles. The first-order valence-electron chi connectivity index (χ1n) is 5.98. The molecule has 0 aliphatic heterocycles. The van der Waals surface area contributed by atoms with Crippen molar-refractivity contribution in [1.29, 1.82) is 0 Å². The number of rotatable bonds is 3. The van der Waals surface area contributed by atoms with Gasteiger partial charge in [-0.15, -0.1) is 11.3 Å². The van der Waals surface area contributed by atoms with E-state index >= 15 is 0 Å². The number of fused-ring (bicyclic) bond motifs is 1. The van der Waals surface area contributed by atoms with Crippen LogP contribution in [0.2, 0.25) is 0 Å². The lowest BCUT2D eigenvalue weighted by Gasteiger charge is -2.00. The number of aryl methyl sites for hydroxylation is 2. The van der Waals surface area contributed by atoms with Crippen LogP contribution < -0.4 is 5.32 Å². The summed E-state index contributed by atoms with van der Waals surface area (Å²) in [5, 5.41) is 12.6. The van der Waals surface area contributed by atoms with Crippen LogP contribution in [0.4, 0.5) is 0 Å². The van der Waals surface area contributed by atoms with E-state index < -0.39 is 5.97 Å². The van der Waals surface area contributed by atoms with Gasteiger partial charge in [-0.3, -0.25) is 4.79 Å². The van der Waals surface area contributed by atoms with Gasteiger partial charge in [0.15, 0.2) is 0 Å². The Labute approximate surface area is 120 Å². The van der Waals surface area contributed by atoms with E-state index in [9.17, 15) is 14.7 Å². The van der Waals surface area contributed by atoms with Gasteiger partial charge in [-0.2, -0.15) is 0 Å². The number of aromatic nitrogens is 1. The average molecular weight is 290 g/mol. The molecule has 2 N–H and O–H groups in total. The van der Waals surface area contributed by atoms with Crippen LogP contribution in [0.5, 0.6) is 0 Å². The number of hydrogen-bond acceptors (Lipinski definition) is 4. The molecule has 20 heavy (non-hydrogen) atoms. The van der Waals surface area contributed by atoms with E-state index in [-0.39, 0.29) is 10.8 Å². The van der Waals surface area contributed by atoms with Gasteiger partial charge in [-0.25, -0.2) is 9.78 Å². The molecule has 2 aromatic rings. The largest absolute Gasteiger partial charge is 0.477 e. The van der Waals surface area contributed by atoms with Crippen molar-refractivity contribution in [1.82, 2.24) is 10.3 Å². The molecular formula is C14H14N2O3S. The highest BCUT2D eigenvalue weighted by atomic mass is 32.1. The molecule has 0 saturated heterocycles. The van der Waals surface area contributed by atoms with Gasteiger partial charge in [0.1, 0.15) is 9.71 Å². The molecule has 2 rings (SSSR count). The first-order valence-corrected chi connectivity index (χ1v) is 6.79. The Morgan fingerprint density at radius 3 is 2.70 bits per heavy atom. The number of nitrogens with one attached hydrogen (secondary N) is 1. The topological polar surface area (TPSA) is 79.3 Å². The van der Waals surface area contributed by atoms with Crippen LogP contribution in [-0.4, -0.2) is 22.0 Å². The van der Waals surface area contributed by atoms with Gasteiger partial charge in [0.2, 0.25) is 5.91 Å². The second-order valence-electron chi connectivity index (χ2n) is 4.44. The number of carboxylic acids is 1. The molecule has 0 aliphatic rings. The van der Waals surface area contributed by atoms with Crippen molar-refractivity contribution in [3.05, 3.63) is 34.0 Å². The van der Waals surface area contributed by atoms with Gasteiger partial charge in [0, 0.05) is 29.8 Å². The molecule has 0 unspecified atom stereocenters. The second-order valence-corrected chi connectivity index (χ2v) is 5.44. The Hall–Kier alpha value is -2.21. The van der Waals surface area contributed by atoms with E-state index in [0.717, 1.165) is 28.0 Å². The Kier molecular flexibility index (Phi) is 3.85. The summed E-state index contributed by atoms with van der Waals surface area (Å²) in [5.74, 6) is -1.20. The third-order valence-electron chi connectivity index (χ3n) is 2.76. The maximum Gasteiger partial charge on any atom is 0.346 e. The van der Waals surface area contributed by atoms with Gasteiger partial charge >= 0.3 is 5.97 Å². The van der Waals surface area contributed by atoms with Crippen LogP contribution >= 0.6 is 11.3 Å². The minimum atomic E-state index is -0.993. The molecule has 0 fully saturated rings. The van der Waals surface area contributed by atoms with E-state index in [1.54, 1.807) is 6.08 Å². The lowest BCUT2D eigenvalue weighted by molar-refractivity contribution is -0.118. The highest BCUT2D eigenvalue weighted by Gasteiger charge is 2.18. The SMILES string of the molecule is CC(=O)N/C=C/c1c(C(=O)O)sc2nc(C)cc(C)c12. The quantitative estimate of drug-likeness (QED) is 0.911. The summed E-state index contributed by atoms with van der Waals surface area (Å²) < 4.78 is 0. The van der Waals surface area contributed by atoms with Gasteiger partial charge in [-0.1, -0.05) is 0 Å². The minimum Gasteiger partial charge on any atom is -0.477 e. The van der Waals surface area contributed by atoms with Crippen LogP contribution in [0.1, 0.15) is 33.4 Å². The number of amides is 1. The summed E-state index contributed by atoms with van der Waals surface area (Å²) >= 11 is 1.14. The monoisotopic (exact) mass is 290 g/mol. The van der Waals surface area contributed by atoms with Crippen molar-refractivity contribution in [2.24, 2.45) is 0 Å². The Morgan fingerprint density at radius 2 is 2.10 bits per heavy atom. The van der Waals surface area contributed by atoms with Crippen LogP contribution in [0.3, 0.4) is 0 Å². The van der Waals surface area contributed by atoms with Crippen molar-refractivity contribution in [2.75, 3.05) is 0 Å². The number of carbonyl (C=O) groups excluding carboxylic acids is 1. The number of carboxylic acid groups (broad SMARTS) is 1. The molecule has 0 aliphatic carbocycles. The number of nitrogens with zero attached hydrogens (tertiary/aromatic N) is 1. The van der Waals surface area contributed by atoms with Crippen molar-refractivity contribution >= 4 is 39.5 Å². The number of carbonyl (C=O) groups is 2. The molecule has 0 radical (unpaired) electrons. The Balaban J connectivity index is 2.65. The minimum absolute atomic E-state index is 0.205. The fraction of sp³-hybridized carbons (Fsp3) is 0.214. The van der Waals surface area contributed by atoms with Crippen molar-refractivity contribution < 1.29 is 14.7 Å². The third kappa shape index (κ3) is 2.70. The summed E-state index contributed by atoms with van der Waals surface area (Å²) in [6, 6.07) is 1.91. The van der Waals surface area contributed by atoms with Gasteiger partial charge in [0.05, 0.1) is 0 Å². The smallest absolute Gasteiger partial charge is 0.346 e. The van der Waals surface area contributed by atoms with Gasteiger partial charge in [-0.05, 0) is 31.6 Å². The van der Waals surface area contributed by atoms with Crippen molar-refractivity contribution in [3.8, 4) is 0 Å². The first kappa shape index (κ1) is 14.2. The van der Waals surface area contributed by atoms with E-state index in [1.807, 2.05) is 19.9 Å². The molecule has 0 atom stereocenters. The summed E-state index contributed by atoms with van der Waals surface area (Å²) in [5.41, 5.74) is 2.40. The predicted molar refractivity (Wildman–Crippen MR) is 78.9 cm³/mol. The van der Waals surface area contributed by atoms with Crippen LogP contribution in [0.25, 0.3) is 16.3 Å². The zero-order valence-electron chi connectivity index (χ0n) is 11.4. The summed E-state index contributed by atoms with van der Waals surface area (Å²) in [7, 11) is 0. The van der Waals surface area contributed by atoms with Crippen LogP contribution in [0, 0.1) is 13.8 Å². The molecule has 2 heterocycles. The lowest BCUT2D eigenvalue weighted by Crippen LogP contribution is -2.11. The molecule has 2 aromatic heterocycles. The van der Waals surface area contributed by atoms with Crippen LogP contribution in [-0.2, 0) is 4.79 Å². The zero-order valence-corrected chi connectivity index (χ0v) is 12.2. The maximum absolute atomic E-state index is 11.3. The summed E-state index contributed by atoms with van der Waals surface area (Å²) in [4.78, 5) is 27.5. The highest BCUT2D eigenvalue weighted by Crippen LogP contribution is 2.33. The van der Waals surface area contributed by atoms with E-state index in [0.29, 0.717) is 10.4 Å². The number of hydrogen-bond donors (Lipinski definition) is 2. The Bertz CT molecular complexity index is 732. The van der Waals surface area contributed by atoms with E-state index in [4.69, 9.17) is 0 Å². The van der Waals surface area contributed by atoms with E-state index in [1.165, 1.54) is 13.1 Å². The molecule has 0 spiro atoms. The highest BCUT2D eigenvalue weighted by molar-refractivity contribution is 7.20. The van der Waals surface area contributed by atoms with Crippen molar-refractivity contribution in [3.63, 3.8) is 0 Å². The van der Waals surface area contributed by atoms with Crippen molar-refractivity contribution in [2.45, 2.75) is 20.8 Å². The van der Waals surface area contributed by atoms with Gasteiger partial charge in [0.25, 0.3) is 0 Å². The maximum atomic E-state index is 11.3. The fourth-order valence-electron chi connectivity index (χ4n) is 2.03. The van der Waals surface area contributed by atoms with E-state index in [2.05, 4.69) is 10.3 Å². The molecule has 104 valence electrons. The number of pyridine rings is 1. The number of aromatic carboxylic acids is 1. The van der Waals surface area contributed by atoms with Gasteiger partial charge < -0.3 is 10.4 Å². The normalized spacial score (nSPS) is 11.2. The molecular weight excluding hydrogens is 276 g/mol. The standard InChI is InChI=1S/C14H14N2O3S/c1-7-6-8(2)16-13-11(7)10(4-5-15-9(3)17)12(20-13)14(18)19/h4-6H,1-3H3,(H,15,17)(H,18,19)/b5-4+. The predicted octanol–water partition coefficient (Wildman–Crippen LogP) is 2.72. The molecule has 0 saturated carbocycles. The summed E-state index contributed by atoms with van der Waals surface area (Å²) in [6.07, 6.45) is 3.06. The molecule has 6 heteroatoms. The summed E-state index contributed by atoms with van der Waals surface area (Å²) in [6.45, 7) is 5.19. The Morgan fingerprint density at radius 1 is 1.40 bits per heavy atom. The molecule has 1 amide bonds.